The molecule has 4 aromatic rings. The zero-order chi connectivity index (χ0) is 26.4. The maximum atomic E-state index is 13.1. The Morgan fingerprint density at radius 3 is 2.28 bits per heavy atom. The fraction of sp³-hybridized carbons (Fsp3) is 0.207. The van der Waals surface area contributed by atoms with Gasteiger partial charge in [0.15, 0.2) is 5.76 Å². The van der Waals surface area contributed by atoms with E-state index in [4.69, 9.17) is 43.7 Å². The molecule has 0 bridgehead atoms. The van der Waals surface area contributed by atoms with Gasteiger partial charge in [-0.1, -0.05) is 68.2 Å². The lowest BCUT2D eigenvalue weighted by molar-refractivity contribution is 0.0829. The monoisotopic (exact) mass is 519 g/mol. The van der Waals surface area contributed by atoms with Crippen molar-refractivity contribution in [2.24, 2.45) is 11.1 Å². The van der Waals surface area contributed by atoms with Crippen LogP contribution in [0.2, 0.25) is 10.0 Å². The summed E-state index contributed by atoms with van der Waals surface area (Å²) in [5.41, 5.74) is 11.3. The molecular formula is C29H27Cl2N3O2. The number of furan rings is 1. The third kappa shape index (κ3) is 4.69. The highest BCUT2D eigenvalue weighted by atomic mass is 35.5. The Kier molecular flexibility index (Phi) is 6.82. The number of carbonyl (C=O) groups excluding carboxylic acids is 1. The Hall–Kier alpha value is -3.41. The van der Waals surface area contributed by atoms with Crippen LogP contribution in [0.5, 0.6) is 0 Å². The molecule has 36 heavy (non-hydrogen) atoms. The van der Waals surface area contributed by atoms with Crippen LogP contribution in [-0.2, 0) is 0 Å². The standard InChI is InChI=1S/C29H27Cl2N3O2/c1-15-21-13-22(17-6-9-19(30)10-7-17)25(34-28(21)36-26(15)27(35)29(3,4)5)20-11-8-18(12-24(20)31)23(14-32)16(2)33/h6-14,32H,33H2,1-5H3/b23-16+,32-14?. The summed E-state index contributed by atoms with van der Waals surface area (Å²) < 4.78 is 6.03. The van der Waals surface area contributed by atoms with Gasteiger partial charge in [-0.15, -0.1) is 0 Å². The Balaban J connectivity index is 2.00. The summed E-state index contributed by atoms with van der Waals surface area (Å²) in [5, 5.41) is 9.53. The van der Waals surface area contributed by atoms with Gasteiger partial charge in [-0.3, -0.25) is 4.79 Å². The second-order valence-electron chi connectivity index (χ2n) is 9.82. The highest BCUT2D eigenvalue weighted by Gasteiger charge is 2.29. The first kappa shape index (κ1) is 25.7. The SMILES string of the molecule is C/C(N)=C(/C=N)c1ccc(-c2nc3oc(C(=O)C(C)(C)C)c(C)c3cc2-c2ccc(Cl)cc2)c(Cl)c1. The van der Waals surface area contributed by atoms with Crippen LogP contribution >= 0.6 is 23.2 Å². The predicted octanol–water partition coefficient (Wildman–Crippen LogP) is 8.35. The minimum Gasteiger partial charge on any atom is -0.434 e. The van der Waals surface area contributed by atoms with Gasteiger partial charge < -0.3 is 15.6 Å². The molecule has 0 saturated heterocycles. The van der Waals surface area contributed by atoms with Crippen molar-refractivity contribution in [2.45, 2.75) is 34.6 Å². The number of ketones is 1. The number of nitrogens with two attached hydrogens (primary N) is 1. The highest BCUT2D eigenvalue weighted by Crippen LogP contribution is 2.40. The van der Waals surface area contributed by atoms with Crippen LogP contribution in [0.4, 0.5) is 0 Å². The van der Waals surface area contributed by atoms with E-state index in [9.17, 15) is 4.79 Å². The van der Waals surface area contributed by atoms with Gasteiger partial charge in [-0.2, -0.15) is 0 Å². The van der Waals surface area contributed by atoms with Gasteiger partial charge in [0.2, 0.25) is 11.5 Å². The number of carbonyl (C=O) groups is 1. The molecule has 0 spiro atoms. The third-order valence-electron chi connectivity index (χ3n) is 6.08. The largest absolute Gasteiger partial charge is 0.434 e. The van der Waals surface area contributed by atoms with Gasteiger partial charge in [0.05, 0.1) is 10.7 Å². The number of hydrogen-bond acceptors (Lipinski definition) is 5. The van der Waals surface area contributed by atoms with Crippen LogP contribution in [0.25, 0.3) is 39.1 Å². The maximum Gasteiger partial charge on any atom is 0.227 e. The van der Waals surface area contributed by atoms with Gasteiger partial charge in [0.1, 0.15) is 0 Å². The Morgan fingerprint density at radius 2 is 1.72 bits per heavy atom. The van der Waals surface area contributed by atoms with Crippen molar-refractivity contribution in [3.63, 3.8) is 0 Å². The van der Waals surface area contributed by atoms with E-state index < -0.39 is 5.41 Å². The summed E-state index contributed by atoms with van der Waals surface area (Å²) in [6.07, 6.45) is 1.21. The number of Topliss-reactive ketones (excluding diaryl/α,β-unsaturated/α-hetero) is 1. The fourth-order valence-electron chi connectivity index (χ4n) is 4.05. The average Bonchev–Trinajstić information content (AvgIpc) is 3.13. The minimum atomic E-state index is -0.596. The number of halogens is 2. The van der Waals surface area contributed by atoms with Crippen LogP contribution < -0.4 is 5.73 Å². The number of aromatic nitrogens is 1. The number of nitrogens with zero attached hydrogens (tertiary/aromatic N) is 1. The topological polar surface area (TPSA) is 93.0 Å². The molecular weight excluding hydrogens is 493 g/mol. The van der Waals surface area contributed by atoms with E-state index >= 15 is 0 Å². The van der Waals surface area contributed by atoms with E-state index in [1.165, 1.54) is 6.21 Å². The second-order valence-corrected chi connectivity index (χ2v) is 10.7. The van der Waals surface area contributed by atoms with E-state index in [0.29, 0.717) is 44.0 Å². The number of rotatable bonds is 5. The summed E-state index contributed by atoms with van der Waals surface area (Å²) in [4.78, 5) is 17.9. The first-order chi connectivity index (χ1) is 16.9. The van der Waals surface area contributed by atoms with Gasteiger partial charge in [0, 0.05) is 50.0 Å². The molecule has 0 amide bonds. The molecule has 7 heteroatoms. The molecule has 0 aliphatic carbocycles. The number of nitrogens with one attached hydrogen (secondary N) is 1. The van der Waals surface area contributed by atoms with E-state index in [0.717, 1.165) is 27.6 Å². The van der Waals surface area contributed by atoms with Gasteiger partial charge >= 0.3 is 0 Å². The molecule has 2 aromatic heterocycles. The fourth-order valence-corrected chi connectivity index (χ4v) is 4.45. The van der Waals surface area contributed by atoms with E-state index in [2.05, 4.69) is 0 Å². The number of hydrogen-bond donors (Lipinski definition) is 2. The average molecular weight is 520 g/mol. The van der Waals surface area contributed by atoms with Crippen LogP contribution in [0.15, 0.2) is 58.6 Å². The van der Waals surface area contributed by atoms with Crippen LogP contribution in [0.3, 0.4) is 0 Å². The number of allylic oxidation sites excluding steroid dienone is 2. The lowest BCUT2D eigenvalue weighted by Gasteiger charge is -2.14. The lowest BCUT2D eigenvalue weighted by atomic mass is 9.88. The van der Waals surface area contributed by atoms with E-state index in [1.807, 2.05) is 70.2 Å². The smallest absolute Gasteiger partial charge is 0.227 e. The zero-order valence-electron chi connectivity index (χ0n) is 20.8. The maximum absolute atomic E-state index is 13.1. The predicted molar refractivity (Wildman–Crippen MR) is 149 cm³/mol. The van der Waals surface area contributed by atoms with E-state index in [-0.39, 0.29) is 5.78 Å². The second kappa shape index (κ2) is 9.57. The van der Waals surface area contributed by atoms with Crippen LogP contribution in [0, 0.1) is 17.7 Å². The summed E-state index contributed by atoms with van der Waals surface area (Å²) in [6.45, 7) is 9.20. The molecule has 184 valence electrons. The minimum absolute atomic E-state index is 0.0851. The number of aryl methyl sites for hydroxylation is 1. The zero-order valence-corrected chi connectivity index (χ0v) is 22.3. The molecule has 0 aliphatic heterocycles. The number of benzene rings is 2. The molecule has 0 saturated carbocycles. The highest BCUT2D eigenvalue weighted by molar-refractivity contribution is 6.34. The summed E-state index contributed by atoms with van der Waals surface area (Å²) in [5.74, 6) is 0.225. The first-order valence-corrected chi connectivity index (χ1v) is 12.2. The Morgan fingerprint density at radius 1 is 1.06 bits per heavy atom. The number of fused-ring (bicyclic) bond motifs is 1. The van der Waals surface area contributed by atoms with Crippen molar-refractivity contribution in [1.82, 2.24) is 4.98 Å². The molecule has 0 fully saturated rings. The molecule has 0 unspecified atom stereocenters. The first-order valence-electron chi connectivity index (χ1n) is 11.4. The quantitative estimate of drug-likeness (QED) is 0.204. The summed E-state index contributed by atoms with van der Waals surface area (Å²) in [6, 6.07) is 14.9. The molecule has 2 aromatic carbocycles. The molecule has 2 heterocycles. The van der Waals surface area contributed by atoms with E-state index in [1.54, 1.807) is 13.0 Å². The molecule has 0 radical (unpaired) electrons. The van der Waals surface area contributed by atoms with Crippen molar-refractivity contribution in [3.05, 3.63) is 81.2 Å². The normalized spacial score (nSPS) is 12.5. The van der Waals surface area contributed by atoms with Crippen molar-refractivity contribution in [1.29, 1.82) is 5.41 Å². The van der Waals surface area contributed by atoms with Gasteiger partial charge in [-0.25, -0.2) is 4.98 Å². The van der Waals surface area contributed by atoms with Crippen molar-refractivity contribution in [2.75, 3.05) is 0 Å². The van der Waals surface area contributed by atoms with Gasteiger partial charge in [0.25, 0.3) is 0 Å². The Labute approximate surface area is 220 Å². The summed E-state index contributed by atoms with van der Waals surface area (Å²) >= 11 is 12.9. The summed E-state index contributed by atoms with van der Waals surface area (Å²) in [7, 11) is 0. The van der Waals surface area contributed by atoms with Crippen molar-refractivity contribution in [3.8, 4) is 22.4 Å². The van der Waals surface area contributed by atoms with Crippen molar-refractivity contribution >= 4 is 51.9 Å². The lowest BCUT2D eigenvalue weighted by Crippen LogP contribution is -2.20. The molecule has 3 N–H and O–H groups in total. The molecule has 4 rings (SSSR count). The Bertz CT molecular complexity index is 1540. The molecule has 0 atom stereocenters. The van der Waals surface area contributed by atoms with Crippen LogP contribution in [0.1, 0.15) is 49.4 Å². The number of pyridine rings is 1. The van der Waals surface area contributed by atoms with Gasteiger partial charge in [-0.05, 0) is 49.2 Å². The van der Waals surface area contributed by atoms with Crippen molar-refractivity contribution < 1.29 is 9.21 Å². The third-order valence-corrected chi connectivity index (χ3v) is 6.64. The van der Waals surface area contributed by atoms with Crippen LogP contribution in [-0.4, -0.2) is 17.0 Å². The molecule has 0 aliphatic rings. The molecule has 5 nitrogen and oxygen atoms in total.